The molecule has 10 rings (SSSR count). The Morgan fingerprint density at radius 3 is 1.66 bits per heavy atom. The van der Waals surface area contributed by atoms with E-state index >= 15 is 0 Å². The molecular formula is C38H23N3. The van der Waals surface area contributed by atoms with E-state index in [1.807, 2.05) is 0 Å². The molecule has 8 aromatic rings. The molecule has 2 aliphatic rings. The molecule has 3 nitrogen and oxygen atoms in total. The monoisotopic (exact) mass is 521 g/mol. The van der Waals surface area contributed by atoms with E-state index < -0.39 is 5.41 Å². The van der Waals surface area contributed by atoms with Gasteiger partial charge in [-0.05, 0) is 57.6 Å². The van der Waals surface area contributed by atoms with Gasteiger partial charge >= 0.3 is 0 Å². The van der Waals surface area contributed by atoms with Crippen molar-refractivity contribution in [3.05, 3.63) is 162 Å². The van der Waals surface area contributed by atoms with Crippen LogP contribution >= 0.6 is 0 Å². The number of fused-ring (bicyclic) bond motifs is 12. The van der Waals surface area contributed by atoms with Crippen molar-refractivity contribution in [3.8, 4) is 22.8 Å². The van der Waals surface area contributed by atoms with E-state index in [1.165, 1.54) is 55.4 Å². The fourth-order valence-electron chi connectivity index (χ4n) is 7.88. The number of hydrogen-bond acceptors (Lipinski definition) is 1. The predicted molar refractivity (Wildman–Crippen MR) is 166 cm³/mol. The minimum absolute atomic E-state index is 0.419. The highest BCUT2D eigenvalue weighted by atomic mass is 15.3. The van der Waals surface area contributed by atoms with Crippen molar-refractivity contribution < 1.29 is 0 Å². The summed E-state index contributed by atoms with van der Waals surface area (Å²) in [6.45, 7) is 0. The van der Waals surface area contributed by atoms with Gasteiger partial charge in [-0.15, -0.1) is 0 Å². The second-order valence-electron chi connectivity index (χ2n) is 11.1. The third-order valence-electron chi connectivity index (χ3n) is 9.34. The van der Waals surface area contributed by atoms with Crippen molar-refractivity contribution in [1.82, 2.24) is 14.1 Å². The molecule has 3 heteroatoms. The summed E-state index contributed by atoms with van der Waals surface area (Å²) < 4.78 is 4.76. The van der Waals surface area contributed by atoms with E-state index in [9.17, 15) is 0 Å². The number of hydrogen-bond donors (Lipinski definition) is 0. The first kappa shape index (κ1) is 21.4. The smallest absolute Gasteiger partial charge is 0.220 e. The third-order valence-corrected chi connectivity index (χ3v) is 9.34. The minimum atomic E-state index is -0.419. The molecule has 0 amide bonds. The molecule has 41 heavy (non-hydrogen) atoms. The molecule has 1 aliphatic carbocycles. The van der Waals surface area contributed by atoms with Crippen LogP contribution in [-0.2, 0) is 5.41 Å². The lowest BCUT2D eigenvalue weighted by atomic mass is 9.65. The van der Waals surface area contributed by atoms with Gasteiger partial charge < -0.3 is 0 Å². The predicted octanol–water partition coefficient (Wildman–Crippen LogP) is 8.80. The molecule has 0 radical (unpaired) electrons. The Morgan fingerprint density at radius 1 is 0.439 bits per heavy atom. The molecule has 1 spiro atoms. The van der Waals surface area contributed by atoms with Crippen LogP contribution in [0.25, 0.3) is 55.6 Å². The normalized spacial score (nSPS) is 14.0. The number of nitrogens with zero attached hydrogens (tertiary/aromatic N) is 3. The average molecular weight is 522 g/mol. The second kappa shape index (κ2) is 7.41. The fourth-order valence-corrected chi connectivity index (χ4v) is 7.88. The van der Waals surface area contributed by atoms with Gasteiger partial charge in [0.15, 0.2) is 0 Å². The molecule has 0 fully saturated rings. The summed E-state index contributed by atoms with van der Waals surface area (Å²) in [5.41, 5.74) is 13.1. The molecule has 0 atom stereocenters. The Kier molecular flexibility index (Phi) is 3.87. The summed E-state index contributed by atoms with van der Waals surface area (Å²) in [6, 6.07) is 50.9. The van der Waals surface area contributed by atoms with Crippen molar-refractivity contribution in [2.45, 2.75) is 5.41 Å². The van der Waals surface area contributed by atoms with Crippen molar-refractivity contribution in [3.63, 3.8) is 0 Å². The van der Waals surface area contributed by atoms with Gasteiger partial charge in [-0.3, -0.25) is 9.13 Å². The first-order chi connectivity index (χ1) is 20.4. The van der Waals surface area contributed by atoms with E-state index in [0.717, 1.165) is 22.5 Å². The van der Waals surface area contributed by atoms with E-state index in [0.29, 0.717) is 0 Å². The molecule has 190 valence electrons. The molecule has 0 saturated heterocycles. The van der Waals surface area contributed by atoms with Crippen molar-refractivity contribution in [1.29, 1.82) is 0 Å². The summed E-state index contributed by atoms with van der Waals surface area (Å²) in [4.78, 5) is 5.42. The summed E-state index contributed by atoms with van der Waals surface area (Å²) in [6.07, 6.45) is 0. The zero-order valence-corrected chi connectivity index (χ0v) is 22.1. The second-order valence-corrected chi connectivity index (χ2v) is 11.1. The number of benzene rings is 6. The number of aromatic nitrogens is 3. The lowest BCUT2D eigenvalue weighted by Crippen LogP contribution is -2.33. The molecule has 0 bridgehead atoms. The van der Waals surface area contributed by atoms with E-state index in [1.54, 1.807) is 0 Å². The quantitative estimate of drug-likeness (QED) is 0.212. The highest BCUT2D eigenvalue weighted by Gasteiger charge is 2.50. The molecule has 0 unspecified atom stereocenters. The minimum Gasteiger partial charge on any atom is -0.279 e. The van der Waals surface area contributed by atoms with E-state index in [2.05, 4.69) is 149 Å². The zero-order chi connectivity index (χ0) is 26.7. The van der Waals surface area contributed by atoms with Gasteiger partial charge in [-0.25, -0.2) is 4.98 Å². The van der Waals surface area contributed by atoms with Crippen LogP contribution in [0, 0.1) is 0 Å². The van der Waals surface area contributed by atoms with Gasteiger partial charge in [0, 0.05) is 10.8 Å². The maximum atomic E-state index is 5.42. The Balaban J connectivity index is 1.43. The average Bonchev–Trinajstić information content (AvgIpc) is 3.67. The largest absolute Gasteiger partial charge is 0.279 e. The van der Waals surface area contributed by atoms with Crippen LogP contribution in [0.4, 0.5) is 0 Å². The maximum Gasteiger partial charge on any atom is 0.220 e. The van der Waals surface area contributed by atoms with Crippen LogP contribution in [-0.4, -0.2) is 14.1 Å². The summed E-state index contributed by atoms with van der Waals surface area (Å²) in [7, 11) is 0. The van der Waals surface area contributed by atoms with Gasteiger partial charge in [0.1, 0.15) is 0 Å². The van der Waals surface area contributed by atoms with Crippen LogP contribution in [0.15, 0.2) is 140 Å². The number of imidazole rings is 1. The first-order valence-corrected chi connectivity index (χ1v) is 14.2. The van der Waals surface area contributed by atoms with Crippen LogP contribution in [0.1, 0.15) is 22.3 Å². The van der Waals surface area contributed by atoms with Gasteiger partial charge in [0.2, 0.25) is 5.95 Å². The van der Waals surface area contributed by atoms with Crippen molar-refractivity contribution in [2.24, 2.45) is 0 Å². The highest BCUT2D eigenvalue weighted by Crippen LogP contribution is 2.60. The summed E-state index contributed by atoms with van der Waals surface area (Å²) in [5, 5.41) is 2.48. The molecular weight excluding hydrogens is 498 g/mol. The molecule has 3 heterocycles. The van der Waals surface area contributed by atoms with Crippen molar-refractivity contribution in [2.75, 3.05) is 0 Å². The van der Waals surface area contributed by atoms with Crippen LogP contribution in [0.2, 0.25) is 0 Å². The molecule has 6 aromatic carbocycles. The summed E-state index contributed by atoms with van der Waals surface area (Å²) in [5.74, 6) is 0.923. The van der Waals surface area contributed by atoms with Gasteiger partial charge in [0.25, 0.3) is 0 Å². The van der Waals surface area contributed by atoms with Crippen LogP contribution in [0.5, 0.6) is 0 Å². The Labute approximate surface area is 236 Å². The highest BCUT2D eigenvalue weighted by molar-refractivity contribution is 6.09. The number of para-hydroxylation sites is 4. The lowest BCUT2D eigenvalue weighted by Gasteiger charge is -2.39. The lowest BCUT2D eigenvalue weighted by molar-refractivity contribution is 0.740. The molecule has 0 saturated carbocycles. The molecule has 0 N–H and O–H groups in total. The third kappa shape index (κ3) is 2.41. The Morgan fingerprint density at radius 2 is 0.976 bits per heavy atom. The summed E-state index contributed by atoms with van der Waals surface area (Å²) >= 11 is 0. The van der Waals surface area contributed by atoms with E-state index in [-0.39, 0.29) is 0 Å². The number of rotatable bonds is 1. The van der Waals surface area contributed by atoms with Gasteiger partial charge in [-0.1, -0.05) is 115 Å². The maximum absolute atomic E-state index is 5.42. The zero-order valence-electron chi connectivity index (χ0n) is 22.1. The molecule has 1 aliphatic heterocycles. The molecule has 2 aromatic heterocycles. The van der Waals surface area contributed by atoms with Crippen molar-refractivity contribution >= 4 is 32.8 Å². The van der Waals surface area contributed by atoms with Gasteiger partial charge in [0.05, 0.1) is 33.2 Å². The first-order valence-electron chi connectivity index (χ1n) is 14.2. The Hall–Kier alpha value is -5.41. The topological polar surface area (TPSA) is 22.8 Å². The standard InChI is InChI=1S/C38H23N3/c1-5-16-28-24(12-1)25-13-2-6-17-29(25)38(28)30-18-7-10-23-35(30)41-36-31(38)19-11-20-32(36)39-37(41)40-33-21-8-3-14-26(33)27-15-4-9-22-34(27)40/h1-23H. The van der Waals surface area contributed by atoms with Gasteiger partial charge in [-0.2, -0.15) is 0 Å². The van der Waals surface area contributed by atoms with Crippen LogP contribution < -0.4 is 0 Å². The fraction of sp³-hybridized carbons (Fsp3) is 0.0263. The Bertz CT molecular complexity index is 2290. The SMILES string of the molecule is c1ccc2c(c1)-c1ccccc1C21c2ccccc2-n2c(-n3c4ccccc4c4ccccc43)nc3cccc1c32. The van der Waals surface area contributed by atoms with Crippen LogP contribution in [0.3, 0.4) is 0 Å². The van der Waals surface area contributed by atoms with E-state index in [4.69, 9.17) is 4.98 Å².